The van der Waals surface area contributed by atoms with Gasteiger partial charge >= 0.3 is 0 Å². The van der Waals surface area contributed by atoms with Crippen molar-refractivity contribution >= 4 is 46.4 Å². The summed E-state index contributed by atoms with van der Waals surface area (Å²) >= 11 is 0. The molecule has 0 aliphatic rings. The number of hydrogen-bond acceptors (Lipinski definition) is 5. The van der Waals surface area contributed by atoms with Crippen molar-refractivity contribution < 1.29 is 24.5 Å². The van der Waals surface area contributed by atoms with Gasteiger partial charge in [-0.3, -0.25) is 9.97 Å². The normalized spacial score (nSPS) is 11.5. The third kappa shape index (κ3) is 6.29. The van der Waals surface area contributed by atoms with E-state index in [2.05, 4.69) is 78.9 Å². The number of pyridine rings is 3. The first-order valence-corrected chi connectivity index (χ1v) is 18.1. The van der Waals surface area contributed by atoms with Crippen LogP contribution in [0.5, 0.6) is 0 Å². The Hall–Kier alpha value is -3.97. The van der Waals surface area contributed by atoms with Crippen LogP contribution in [0.25, 0.3) is 55.7 Å². The number of rotatable bonds is 5. The fourth-order valence-corrected chi connectivity index (χ4v) is 7.07. The molecule has 0 bridgehead atoms. The van der Waals surface area contributed by atoms with Crippen molar-refractivity contribution in [1.82, 2.24) is 24.5 Å². The van der Waals surface area contributed by atoms with Crippen LogP contribution in [0.2, 0.25) is 19.6 Å². The van der Waals surface area contributed by atoms with Crippen molar-refractivity contribution in [2.45, 2.75) is 39.9 Å². The molecule has 1 radical (unpaired) electrons. The van der Waals surface area contributed by atoms with Gasteiger partial charge in [0, 0.05) is 51.1 Å². The van der Waals surface area contributed by atoms with Crippen molar-refractivity contribution in [3.05, 3.63) is 103 Å². The zero-order chi connectivity index (χ0) is 30.1. The molecular formula is C36H35IrN5OSi-2. The number of aromatic nitrogens is 5. The molecule has 0 spiro atoms. The molecule has 0 amide bonds. The fraction of sp³-hybridized carbons (Fsp3) is 0.222. The van der Waals surface area contributed by atoms with E-state index in [1.165, 1.54) is 10.8 Å². The number of nitrogens with zero attached hydrogens (tertiary/aromatic N) is 5. The Morgan fingerprint density at radius 1 is 0.909 bits per heavy atom. The molecule has 0 aliphatic carbocycles. The molecule has 7 aromatic rings. The molecule has 2 aromatic carbocycles. The molecule has 0 unspecified atom stereocenters. The molecule has 0 saturated heterocycles. The van der Waals surface area contributed by atoms with Crippen LogP contribution in [-0.2, 0) is 33.6 Å². The van der Waals surface area contributed by atoms with Gasteiger partial charge < -0.3 is 14.0 Å². The number of aryl methyl sites for hydroxylation is 1. The molecule has 0 saturated carbocycles. The van der Waals surface area contributed by atoms with E-state index < -0.39 is 8.07 Å². The van der Waals surface area contributed by atoms with Crippen molar-refractivity contribution in [3.8, 4) is 22.6 Å². The second kappa shape index (κ2) is 12.9. The molecule has 0 fully saturated rings. The smallest absolute Gasteiger partial charge is 0.216 e. The van der Waals surface area contributed by atoms with Crippen molar-refractivity contribution in [2.75, 3.05) is 0 Å². The second-order valence-electron chi connectivity index (χ2n) is 12.3. The number of fused-ring (bicyclic) bond motifs is 4. The van der Waals surface area contributed by atoms with Crippen LogP contribution in [0.1, 0.15) is 19.4 Å². The molecule has 0 aliphatic heterocycles. The first-order chi connectivity index (χ1) is 20.7. The molecule has 44 heavy (non-hydrogen) atoms. The third-order valence-electron chi connectivity index (χ3n) is 7.53. The SMILES string of the molecule is CC(C)Cc1cc(-c2[c-]cccc2)ncc1[Si](C)(C)C.Cn1c(-c2[c-]ccc3c2oc2ncccc23)nc2ccncc21.[Ir]. The van der Waals surface area contributed by atoms with E-state index >= 15 is 0 Å². The number of imidazole rings is 1. The van der Waals surface area contributed by atoms with E-state index in [1.54, 1.807) is 12.4 Å². The monoisotopic (exact) mass is 774 g/mol. The van der Waals surface area contributed by atoms with E-state index in [4.69, 9.17) is 9.40 Å². The predicted octanol–water partition coefficient (Wildman–Crippen LogP) is 8.02. The third-order valence-corrected chi connectivity index (χ3v) is 9.59. The van der Waals surface area contributed by atoms with E-state index in [0.29, 0.717) is 11.6 Å². The Bertz CT molecular complexity index is 2040. The quantitative estimate of drug-likeness (QED) is 0.131. The molecule has 225 valence electrons. The van der Waals surface area contributed by atoms with E-state index in [-0.39, 0.29) is 20.1 Å². The molecule has 0 N–H and O–H groups in total. The summed E-state index contributed by atoms with van der Waals surface area (Å²) in [6, 6.07) is 26.6. The van der Waals surface area contributed by atoms with Crippen LogP contribution in [0.15, 0.2) is 89.9 Å². The summed E-state index contributed by atoms with van der Waals surface area (Å²) in [7, 11) is 0.631. The molecular weight excluding hydrogens is 739 g/mol. The van der Waals surface area contributed by atoms with Crippen LogP contribution in [0.3, 0.4) is 0 Å². The molecule has 6 nitrogen and oxygen atoms in total. The summed E-state index contributed by atoms with van der Waals surface area (Å²) in [6.45, 7) is 11.7. The number of furan rings is 1. The van der Waals surface area contributed by atoms with E-state index in [1.807, 2.05) is 66.3 Å². The molecule has 7 rings (SSSR count). The maximum atomic E-state index is 5.98. The van der Waals surface area contributed by atoms with E-state index in [0.717, 1.165) is 56.5 Å². The fourth-order valence-electron chi connectivity index (χ4n) is 5.48. The summed E-state index contributed by atoms with van der Waals surface area (Å²) in [6.07, 6.45) is 8.53. The largest absolute Gasteiger partial charge is 0.486 e. The maximum absolute atomic E-state index is 5.98. The predicted molar refractivity (Wildman–Crippen MR) is 178 cm³/mol. The van der Waals surface area contributed by atoms with Gasteiger partial charge in [-0.15, -0.1) is 54.1 Å². The minimum Gasteiger partial charge on any atom is -0.486 e. The van der Waals surface area contributed by atoms with Gasteiger partial charge in [0.2, 0.25) is 5.71 Å². The van der Waals surface area contributed by atoms with Crippen molar-refractivity contribution in [1.29, 1.82) is 0 Å². The Labute approximate surface area is 273 Å². The van der Waals surface area contributed by atoms with Crippen LogP contribution in [-0.4, -0.2) is 32.6 Å². The van der Waals surface area contributed by atoms with Gasteiger partial charge in [-0.25, -0.2) is 4.98 Å². The summed E-state index contributed by atoms with van der Waals surface area (Å²) in [5.74, 6) is 1.47. The van der Waals surface area contributed by atoms with Gasteiger partial charge in [0.25, 0.3) is 0 Å². The zero-order valence-corrected chi connectivity index (χ0v) is 29.2. The first-order valence-electron chi connectivity index (χ1n) is 14.6. The van der Waals surface area contributed by atoms with Crippen LogP contribution in [0, 0.1) is 18.1 Å². The van der Waals surface area contributed by atoms with Gasteiger partial charge in [0.05, 0.1) is 36.7 Å². The van der Waals surface area contributed by atoms with Crippen LogP contribution < -0.4 is 5.19 Å². The van der Waals surface area contributed by atoms with Gasteiger partial charge in [0.1, 0.15) is 0 Å². The number of hydrogen-bond donors (Lipinski definition) is 0. The topological polar surface area (TPSA) is 69.6 Å². The maximum Gasteiger partial charge on any atom is 0.216 e. The van der Waals surface area contributed by atoms with Crippen LogP contribution >= 0.6 is 0 Å². The standard InChI is InChI=1S/C18H11N4O.C18H24NSi.Ir/c1-22-15-10-19-9-7-14(15)21-17(22)13-5-2-4-11-12-6-3-8-20-18(12)23-16(11)13;1-14(2)11-16-12-17(15-9-7-6-8-10-15)19-13-18(16)20(3,4)5;/h2-4,6-10H,1H3;6-9,12-14H,11H2,1-5H3;/q2*-1;. The van der Waals surface area contributed by atoms with Crippen molar-refractivity contribution in [3.63, 3.8) is 0 Å². The summed E-state index contributed by atoms with van der Waals surface area (Å²) < 4.78 is 7.99. The average molecular weight is 774 g/mol. The molecule has 5 aromatic heterocycles. The minimum absolute atomic E-state index is 0. The van der Waals surface area contributed by atoms with Gasteiger partial charge in [0.15, 0.2) is 0 Å². The Morgan fingerprint density at radius 3 is 2.48 bits per heavy atom. The Morgan fingerprint density at radius 2 is 1.75 bits per heavy atom. The number of benzene rings is 2. The van der Waals surface area contributed by atoms with Gasteiger partial charge in [-0.05, 0) is 41.4 Å². The van der Waals surface area contributed by atoms with Gasteiger partial charge in [-0.1, -0.05) is 56.1 Å². The Kier molecular flexibility index (Phi) is 9.25. The van der Waals surface area contributed by atoms with Crippen molar-refractivity contribution in [2.24, 2.45) is 13.0 Å². The molecule has 5 heterocycles. The average Bonchev–Trinajstić information content (AvgIpc) is 3.55. The van der Waals surface area contributed by atoms with Crippen LogP contribution in [0.4, 0.5) is 0 Å². The molecule has 0 atom stereocenters. The van der Waals surface area contributed by atoms with Gasteiger partial charge in [-0.2, -0.15) is 0 Å². The van der Waals surface area contributed by atoms with E-state index in [9.17, 15) is 0 Å². The Balaban J connectivity index is 0.000000173. The second-order valence-corrected chi connectivity index (χ2v) is 17.3. The summed E-state index contributed by atoms with van der Waals surface area (Å²) in [5.41, 5.74) is 7.69. The summed E-state index contributed by atoms with van der Waals surface area (Å²) in [5, 5.41) is 3.51. The zero-order valence-electron chi connectivity index (χ0n) is 25.8. The minimum atomic E-state index is -1.34. The molecule has 8 heteroatoms. The summed E-state index contributed by atoms with van der Waals surface area (Å²) in [4.78, 5) is 17.9. The first kappa shape index (κ1) is 31.5.